The number of urea groups is 1. The summed E-state index contributed by atoms with van der Waals surface area (Å²) in [5.41, 5.74) is 1.81. The number of halogens is 1. The van der Waals surface area contributed by atoms with Crippen LogP contribution in [0.15, 0.2) is 53.5 Å². The molecule has 0 saturated carbocycles. The molecule has 8 heteroatoms. The summed E-state index contributed by atoms with van der Waals surface area (Å²) in [7, 11) is 1.61. The Morgan fingerprint density at radius 2 is 1.86 bits per heavy atom. The van der Waals surface area contributed by atoms with Crippen molar-refractivity contribution in [2.45, 2.75) is 6.17 Å². The van der Waals surface area contributed by atoms with Crippen LogP contribution in [-0.4, -0.2) is 49.4 Å². The second kappa shape index (κ2) is 8.88. The van der Waals surface area contributed by atoms with Crippen LogP contribution in [0.4, 0.5) is 14.9 Å². The molecule has 0 radical (unpaired) electrons. The summed E-state index contributed by atoms with van der Waals surface area (Å²) in [5.74, 6) is -0.101. The Hall–Kier alpha value is -2.87. The highest BCUT2D eigenvalue weighted by Crippen LogP contribution is 2.27. The number of thioether (sulfide) groups is 1. The molecule has 1 heterocycles. The lowest BCUT2D eigenvalue weighted by molar-refractivity contribution is -0.119. The van der Waals surface area contributed by atoms with E-state index in [0.29, 0.717) is 23.5 Å². The van der Waals surface area contributed by atoms with E-state index in [-0.39, 0.29) is 5.56 Å². The predicted octanol–water partition coefficient (Wildman–Crippen LogP) is 2.63. The van der Waals surface area contributed by atoms with E-state index in [1.807, 2.05) is 6.26 Å². The number of nitrogens with zero attached hydrogens (tertiary/aromatic N) is 2. The van der Waals surface area contributed by atoms with Crippen LogP contribution in [0.2, 0.25) is 0 Å². The highest BCUT2D eigenvalue weighted by Gasteiger charge is 2.31. The van der Waals surface area contributed by atoms with Gasteiger partial charge >= 0.3 is 6.03 Å². The molecule has 1 aliphatic heterocycles. The number of benzene rings is 2. The largest absolute Gasteiger partial charge is 0.337 e. The van der Waals surface area contributed by atoms with Gasteiger partial charge < -0.3 is 15.5 Å². The van der Waals surface area contributed by atoms with Gasteiger partial charge in [0.1, 0.15) is 5.82 Å². The molecule has 2 N–H and O–H groups in total. The van der Waals surface area contributed by atoms with Crippen molar-refractivity contribution in [3.05, 3.63) is 65.5 Å². The SMILES string of the molecule is CSCCNC(=O)NC1N=C(c2ccccc2F)c2ccccc2N(C)C1=O. The summed E-state index contributed by atoms with van der Waals surface area (Å²) in [4.78, 5) is 31.0. The number of hydrogen-bond acceptors (Lipinski definition) is 4. The minimum absolute atomic E-state index is 0.271. The number of amides is 3. The Balaban J connectivity index is 2.02. The third-order valence-electron chi connectivity index (χ3n) is 4.33. The number of rotatable bonds is 5. The number of anilines is 1. The molecule has 2 aromatic carbocycles. The number of para-hydroxylation sites is 1. The average Bonchev–Trinajstić information content (AvgIpc) is 2.80. The van der Waals surface area contributed by atoms with Gasteiger partial charge in [0.2, 0.25) is 6.17 Å². The Kier molecular flexibility index (Phi) is 6.30. The summed E-state index contributed by atoms with van der Waals surface area (Å²) in [6, 6.07) is 12.9. The monoisotopic (exact) mass is 400 g/mol. The minimum Gasteiger partial charge on any atom is -0.337 e. The van der Waals surface area contributed by atoms with Gasteiger partial charge in [-0.05, 0) is 24.5 Å². The molecule has 1 aliphatic rings. The van der Waals surface area contributed by atoms with E-state index in [4.69, 9.17) is 0 Å². The molecule has 0 aliphatic carbocycles. The lowest BCUT2D eigenvalue weighted by Crippen LogP contribution is -2.49. The van der Waals surface area contributed by atoms with Crippen molar-refractivity contribution in [1.82, 2.24) is 10.6 Å². The van der Waals surface area contributed by atoms with Gasteiger partial charge in [0.15, 0.2) is 0 Å². The van der Waals surface area contributed by atoms with Gasteiger partial charge in [0, 0.05) is 30.5 Å². The summed E-state index contributed by atoms with van der Waals surface area (Å²) in [5, 5.41) is 5.28. The average molecular weight is 400 g/mol. The fourth-order valence-electron chi connectivity index (χ4n) is 2.93. The van der Waals surface area contributed by atoms with Gasteiger partial charge in [-0.1, -0.05) is 30.3 Å². The van der Waals surface area contributed by atoms with Crippen molar-refractivity contribution in [2.24, 2.45) is 4.99 Å². The van der Waals surface area contributed by atoms with Gasteiger partial charge in [-0.15, -0.1) is 0 Å². The summed E-state index contributed by atoms with van der Waals surface area (Å²) in [6.07, 6.45) is 0.771. The molecule has 0 fully saturated rings. The highest BCUT2D eigenvalue weighted by molar-refractivity contribution is 7.98. The van der Waals surface area contributed by atoms with Crippen LogP contribution < -0.4 is 15.5 Å². The zero-order valence-corrected chi connectivity index (χ0v) is 16.4. The zero-order valence-electron chi connectivity index (χ0n) is 15.6. The van der Waals surface area contributed by atoms with Crippen LogP contribution in [0.3, 0.4) is 0 Å². The smallest absolute Gasteiger partial charge is 0.316 e. The van der Waals surface area contributed by atoms with Crippen LogP contribution >= 0.6 is 11.8 Å². The van der Waals surface area contributed by atoms with Crippen molar-refractivity contribution < 1.29 is 14.0 Å². The number of carbonyl (C=O) groups is 2. The molecule has 1 unspecified atom stereocenters. The van der Waals surface area contributed by atoms with Crippen LogP contribution in [-0.2, 0) is 4.79 Å². The Morgan fingerprint density at radius 3 is 2.57 bits per heavy atom. The molecule has 1 atom stereocenters. The van der Waals surface area contributed by atoms with Gasteiger partial charge in [0.05, 0.1) is 11.4 Å². The molecule has 3 rings (SSSR count). The lowest BCUT2D eigenvalue weighted by atomic mass is 10.00. The van der Waals surface area contributed by atoms with Crippen molar-refractivity contribution in [3.8, 4) is 0 Å². The van der Waals surface area contributed by atoms with Crippen molar-refractivity contribution in [2.75, 3.05) is 30.5 Å². The molecule has 0 saturated heterocycles. The fourth-order valence-corrected chi connectivity index (χ4v) is 3.23. The van der Waals surface area contributed by atoms with Crippen LogP contribution in [0.25, 0.3) is 0 Å². The third kappa shape index (κ3) is 4.17. The van der Waals surface area contributed by atoms with Gasteiger partial charge in [-0.25, -0.2) is 14.2 Å². The Morgan fingerprint density at radius 1 is 1.18 bits per heavy atom. The van der Waals surface area contributed by atoms with Gasteiger partial charge in [-0.2, -0.15) is 11.8 Å². The minimum atomic E-state index is -1.17. The molecule has 3 amide bonds. The molecule has 146 valence electrons. The summed E-state index contributed by atoms with van der Waals surface area (Å²) in [6.45, 7) is 0.466. The number of nitrogens with one attached hydrogen (secondary N) is 2. The Labute approximate surface area is 167 Å². The molecule has 6 nitrogen and oxygen atoms in total. The number of benzodiazepines with no additional fused rings is 1. The normalized spacial score (nSPS) is 16.1. The number of hydrogen-bond donors (Lipinski definition) is 2. The van der Waals surface area contributed by atoms with E-state index in [2.05, 4.69) is 15.6 Å². The first-order chi connectivity index (χ1) is 13.5. The van der Waals surface area contributed by atoms with Gasteiger partial charge in [-0.3, -0.25) is 4.79 Å². The van der Waals surface area contributed by atoms with Crippen LogP contribution in [0.5, 0.6) is 0 Å². The number of aliphatic imine (C=N–C) groups is 1. The quantitative estimate of drug-likeness (QED) is 0.758. The summed E-state index contributed by atoms with van der Waals surface area (Å²) >= 11 is 1.60. The van der Waals surface area contributed by atoms with Crippen LogP contribution in [0, 0.1) is 5.82 Å². The molecule has 28 heavy (non-hydrogen) atoms. The van der Waals surface area contributed by atoms with Crippen LogP contribution in [0.1, 0.15) is 11.1 Å². The third-order valence-corrected chi connectivity index (χ3v) is 4.94. The van der Waals surface area contributed by atoms with Gasteiger partial charge in [0.25, 0.3) is 5.91 Å². The number of carbonyl (C=O) groups excluding carboxylic acids is 2. The Bertz CT molecular complexity index is 919. The number of fused-ring (bicyclic) bond motifs is 1. The van der Waals surface area contributed by atoms with E-state index in [0.717, 1.165) is 5.75 Å². The molecule has 0 spiro atoms. The predicted molar refractivity (Wildman–Crippen MR) is 111 cm³/mol. The fraction of sp³-hybridized carbons (Fsp3) is 0.250. The van der Waals surface area contributed by atoms with Crippen molar-refractivity contribution >= 4 is 35.1 Å². The van der Waals surface area contributed by atoms with E-state index in [1.165, 1.54) is 11.0 Å². The number of likely N-dealkylation sites (N-methyl/N-ethyl adjacent to an activating group) is 1. The highest BCUT2D eigenvalue weighted by atomic mass is 32.2. The molecule has 0 aromatic heterocycles. The van der Waals surface area contributed by atoms with E-state index >= 15 is 0 Å². The molecular weight excluding hydrogens is 379 g/mol. The maximum absolute atomic E-state index is 14.5. The maximum Gasteiger partial charge on any atom is 0.316 e. The first-order valence-electron chi connectivity index (χ1n) is 8.76. The van der Waals surface area contributed by atoms with E-state index < -0.39 is 23.9 Å². The maximum atomic E-state index is 14.5. The van der Waals surface area contributed by atoms with Crippen molar-refractivity contribution in [1.29, 1.82) is 0 Å². The van der Waals surface area contributed by atoms with Crippen molar-refractivity contribution in [3.63, 3.8) is 0 Å². The van der Waals surface area contributed by atoms with E-state index in [1.54, 1.807) is 61.3 Å². The second-order valence-corrected chi connectivity index (χ2v) is 7.15. The zero-order chi connectivity index (χ0) is 20.1. The summed E-state index contributed by atoms with van der Waals surface area (Å²) < 4.78 is 14.5. The molecule has 0 bridgehead atoms. The second-order valence-electron chi connectivity index (χ2n) is 6.17. The molecule has 2 aromatic rings. The first kappa shape index (κ1) is 19.9. The standard InChI is InChI=1S/C20H21FN4O2S/c1-25-16-10-6-4-8-14(16)17(13-7-3-5-9-15(13)21)23-18(19(25)26)24-20(27)22-11-12-28-2/h3-10,18H,11-12H2,1-2H3,(H2,22,24,27). The lowest BCUT2D eigenvalue weighted by Gasteiger charge is -2.21. The molecular formula is C20H21FN4O2S. The topological polar surface area (TPSA) is 73.8 Å². The first-order valence-corrected chi connectivity index (χ1v) is 10.1. The van der Waals surface area contributed by atoms with E-state index in [9.17, 15) is 14.0 Å².